The molecule has 1 unspecified atom stereocenters. The lowest BCUT2D eigenvalue weighted by Gasteiger charge is -2.17. The summed E-state index contributed by atoms with van der Waals surface area (Å²) in [6.07, 6.45) is -3.51. The summed E-state index contributed by atoms with van der Waals surface area (Å²) in [6, 6.07) is 0. The first-order valence-corrected chi connectivity index (χ1v) is 2.74. The van der Waals surface area contributed by atoms with Crippen molar-refractivity contribution in [2.75, 3.05) is 6.61 Å². The van der Waals surface area contributed by atoms with Crippen molar-refractivity contribution < 1.29 is 20.4 Å². The van der Waals surface area contributed by atoms with E-state index in [2.05, 4.69) is 0 Å². The summed E-state index contributed by atoms with van der Waals surface area (Å²) in [5.41, 5.74) is 0. The fourth-order valence-electron chi connectivity index (χ4n) is 0.429. The van der Waals surface area contributed by atoms with E-state index in [-0.39, 0.29) is 0 Å². The van der Waals surface area contributed by atoms with E-state index in [1.54, 1.807) is 0 Å². The summed E-state index contributed by atoms with van der Waals surface area (Å²) in [5.74, 6) is 0. The lowest BCUT2D eigenvalue weighted by Crippen LogP contribution is -2.37. The lowest BCUT2D eigenvalue weighted by molar-refractivity contribution is -0.0698. The molecule has 0 amide bonds. The van der Waals surface area contributed by atoms with Gasteiger partial charge < -0.3 is 20.4 Å². The molecule has 0 bridgehead atoms. The molecular weight excluding hydrogens is 124 g/mol. The second-order valence-corrected chi connectivity index (χ2v) is 1.98. The number of hydrogen-bond donors (Lipinski definition) is 4. The van der Waals surface area contributed by atoms with Crippen LogP contribution < -0.4 is 0 Å². The Morgan fingerprint density at radius 3 is 1.78 bits per heavy atom. The van der Waals surface area contributed by atoms with E-state index >= 15 is 0 Å². The molecule has 3 atom stereocenters. The summed E-state index contributed by atoms with van der Waals surface area (Å²) < 4.78 is 0. The van der Waals surface area contributed by atoms with Gasteiger partial charge in [0.25, 0.3) is 0 Å². The van der Waals surface area contributed by atoms with Gasteiger partial charge in [-0.2, -0.15) is 0 Å². The van der Waals surface area contributed by atoms with Crippen LogP contribution in [-0.2, 0) is 0 Å². The summed E-state index contributed by atoms with van der Waals surface area (Å²) in [5, 5.41) is 34.2. The topological polar surface area (TPSA) is 80.9 Å². The number of aliphatic hydroxyl groups excluding tert-OH is 4. The zero-order valence-electron chi connectivity index (χ0n) is 5.23. The highest BCUT2D eigenvalue weighted by Crippen LogP contribution is 1.97. The van der Waals surface area contributed by atoms with Gasteiger partial charge in [0.05, 0.1) is 12.7 Å². The van der Waals surface area contributed by atoms with Crippen molar-refractivity contribution in [2.45, 2.75) is 25.2 Å². The molecule has 0 aliphatic carbocycles. The fraction of sp³-hybridized carbons (Fsp3) is 1.00. The van der Waals surface area contributed by atoms with Crippen molar-refractivity contribution in [3.05, 3.63) is 0 Å². The van der Waals surface area contributed by atoms with Gasteiger partial charge in [-0.25, -0.2) is 0 Å². The number of hydrogen-bond acceptors (Lipinski definition) is 4. The van der Waals surface area contributed by atoms with Gasteiger partial charge in [-0.15, -0.1) is 0 Å². The normalized spacial score (nSPS) is 21.0. The Balaban J connectivity index is 3.58. The summed E-state index contributed by atoms with van der Waals surface area (Å²) in [6.45, 7) is 0.801. The Labute approximate surface area is 53.4 Å². The molecule has 4 heteroatoms. The monoisotopic (exact) mass is 136 g/mol. The average Bonchev–Trinajstić information content (AvgIpc) is 1.84. The summed E-state index contributed by atoms with van der Waals surface area (Å²) in [7, 11) is 0. The van der Waals surface area contributed by atoms with Crippen LogP contribution in [0.3, 0.4) is 0 Å². The highest BCUT2D eigenvalue weighted by Gasteiger charge is 2.19. The Morgan fingerprint density at radius 1 is 1.22 bits per heavy atom. The number of aliphatic hydroxyl groups is 4. The first-order chi connectivity index (χ1) is 4.09. The molecule has 0 heterocycles. The van der Waals surface area contributed by atoms with Gasteiger partial charge in [-0.05, 0) is 6.92 Å². The van der Waals surface area contributed by atoms with E-state index in [4.69, 9.17) is 20.4 Å². The Morgan fingerprint density at radius 2 is 1.67 bits per heavy atom. The Kier molecular flexibility index (Phi) is 3.72. The maximum atomic E-state index is 8.73. The van der Waals surface area contributed by atoms with Gasteiger partial charge in [0, 0.05) is 0 Å². The van der Waals surface area contributed by atoms with E-state index in [0.29, 0.717) is 0 Å². The van der Waals surface area contributed by atoms with E-state index in [1.165, 1.54) is 6.92 Å². The predicted octanol–water partition coefficient (Wildman–Crippen LogP) is -1.92. The molecule has 0 aliphatic heterocycles. The third-order valence-electron chi connectivity index (χ3n) is 1.08. The van der Waals surface area contributed by atoms with E-state index in [0.717, 1.165) is 0 Å². The highest BCUT2D eigenvalue weighted by atomic mass is 16.4. The lowest BCUT2D eigenvalue weighted by atomic mass is 10.1. The molecule has 0 radical (unpaired) electrons. The van der Waals surface area contributed by atoms with Crippen LogP contribution in [0.1, 0.15) is 6.92 Å². The highest BCUT2D eigenvalue weighted by molar-refractivity contribution is 4.70. The number of rotatable bonds is 3. The van der Waals surface area contributed by atoms with Crippen LogP contribution in [0, 0.1) is 0 Å². The van der Waals surface area contributed by atoms with Gasteiger partial charge in [-0.1, -0.05) is 0 Å². The van der Waals surface area contributed by atoms with Gasteiger partial charge >= 0.3 is 0 Å². The molecule has 0 aliphatic rings. The predicted molar refractivity (Wildman–Crippen MR) is 30.8 cm³/mol. The van der Waals surface area contributed by atoms with Gasteiger partial charge in [-0.3, -0.25) is 0 Å². The first kappa shape index (κ1) is 8.84. The third-order valence-corrected chi connectivity index (χ3v) is 1.08. The van der Waals surface area contributed by atoms with Crippen LogP contribution in [0.2, 0.25) is 0 Å². The van der Waals surface area contributed by atoms with E-state index in [9.17, 15) is 0 Å². The van der Waals surface area contributed by atoms with Crippen molar-refractivity contribution in [3.63, 3.8) is 0 Å². The van der Waals surface area contributed by atoms with Crippen LogP contribution in [0.5, 0.6) is 0 Å². The molecule has 0 spiro atoms. The minimum atomic E-state index is -1.25. The van der Waals surface area contributed by atoms with Crippen molar-refractivity contribution in [1.82, 2.24) is 0 Å². The molecule has 0 rings (SSSR count). The fourth-order valence-corrected chi connectivity index (χ4v) is 0.429. The van der Waals surface area contributed by atoms with Crippen molar-refractivity contribution in [3.8, 4) is 0 Å². The van der Waals surface area contributed by atoms with Crippen LogP contribution in [0.25, 0.3) is 0 Å². The first-order valence-electron chi connectivity index (χ1n) is 2.74. The van der Waals surface area contributed by atoms with Crippen LogP contribution >= 0.6 is 0 Å². The summed E-state index contributed by atoms with van der Waals surface area (Å²) >= 11 is 0. The minimum absolute atomic E-state index is 0.536. The molecule has 0 aromatic carbocycles. The van der Waals surface area contributed by atoms with E-state index < -0.39 is 24.9 Å². The molecule has 56 valence electrons. The largest absolute Gasteiger partial charge is 0.394 e. The molecular formula is C5H12O4. The van der Waals surface area contributed by atoms with Crippen molar-refractivity contribution in [1.29, 1.82) is 0 Å². The smallest absolute Gasteiger partial charge is 0.108 e. The van der Waals surface area contributed by atoms with Gasteiger partial charge in [0.2, 0.25) is 0 Å². The minimum Gasteiger partial charge on any atom is -0.394 e. The zero-order valence-corrected chi connectivity index (χ0v) is 5.23. The van der Waals surface area contributed by atoms with Crippen LogP contribution in [0.15, 0.2) is 0 Å². The molecule has 0 fully saturated rings. The molecule has 9 heavy (non-hydrogen) atoms. The Hall–Kier alpha value is -0.160. The van der Waals surface area contributed by atoms with Crippen LogP contribution in [-0.4, -0.2) is 45.3 Å². The second-order valence-electron chi connectivity index (χ2n) is 1.98. The van der Waals surface area contributed by atoms with E-state index in [1.807, 2.05) is 0 Å². The molecule has 0 saturated heterocycles. The quantitative estimate of drug-likeness (QED) is 0.364. The zero-order chi connectivity index (χ0) is 7.44. The average molecular weight is 136 g/mol. The SMILES string of the molecule is CC(O)[C@H](O)[C@H](O)CO. The van der Waals surface area contributed by atoms with Gasteiger partial charge in [0.1, 0.15) is 12.2 Å². The molecule has 4 N–H and O–H groups in total. The molecule has 4 nitrogen and oxygen atoms in total. The van der Waals surface area contributed by atoms with Crippen molar-refractivity contribution in [2.24, 2.45) is 0 Å². The van der Waals surface area contributed by atoms with Gasteiger partial charge in [0.15, 0.2) is 0 Å². The second kappa shape index (κ2) is 3.79. The molecule has 0 saturated carbocycles. The Bertz CT molecular complexity index is 73.4. The maximum Gasteiger partial charge on any atom is 0.108 e. The maximum absolute atomic E-state index is 8.73. The molecule has 0 aromatic rings. The summed E-state index contributed by atoms with van der Waals surface area (Å²) in [4.78, 5) is 0. The molecule has 0 aromatic heterocycles. The van der Waals surface area contributed by atoms with Crippen molar-refractivity contribution >= 4 is 0 Å². The third kappa shape index (κ3) is 2.76. The van der Waals surface area contributed by atoms with Crippen LogP contribution in [0.4, 0.5) is 0 Å². The standard InChI is InChI=1S/C5H12O4/c1-3(7)5(9)4(8)2-6/h3-9H,2H2,1H3/t3?,4-,5+/m1/s1.